The van der Waals surface area contributed by atoms with Crippen molar-refractivity contribution in [1.82, 2.24) is 19.7 Å². The van der Waals surface area contributed by atoms with Crippen LogP contribution in [0, 0.1) is 5.92 Å². The molecule has 0 aliphatic carbocycles. The van der Waals surface area contributed by atoms with Crippen LogP contribution in [0.1, 0.15) is 44.2 Å². The number of nitrogens with two attached hydrogens (primary N) is 1. The van der Waals surface area contributed by atoms with Crippen LogP contribution in [-0.2, 0) is 32.9 Å². The minimum Gasteiger partial charge on any atom is -0.398 e. The highest BCUT2D eigenvalue weighted by Gasteiger charge is 2.38. The highest BCUT2D eigenvalue weighted by Crippen LogP contribution is 2.22. The fraction of sp³-hybridized carbons (Fsp3) is 0.440. The van der Waals surface area contributed by atoms with E-state index < -0.39 is 28.2 Å². The number of halogens is 1. The quantitative estimate of drug-likeness (QED) is 0.328. The highest BCUT2D eigenvalue weighted by molar-refractivity contribution is 7.87. The molecule has 0 spiro atoms. The second-order valence-corrected chi connectivity index (χ2v) is 11.3. The van der Waals surface area contributed by atoms with Crippen molar-refractivity contribution in [3.8, 4) is 0 Å². The third kappa shape index (κ3) is 7.92. The number of carbonyl (C=O) groups is 2. The van der Waals surface area contributed by atoms with Crippen molar-refractivity contribution in [2.24, 2.45) is 5.92 Å². The van der Waals surface area contributed by atoms with E-state index in [9.17, 15) is 18.0 Å². The van der Waals surface area contributed by atoms with Crippen LogP contribution in [0.2, 0.25) is 5.02 Å². The number of nitrogens with zero attached hydrogens (tertiary/aromatic N) is 1. The fourth-order valence-corrected chi connectivity index (χ4v) is 5.41. The second-order valence-electron chi connectivity index (χ2n) is 9.36. The van der Waals surface area contributed by atoms with Gasteiger partial charge in [0.2, 0.25) is 11.8 Å². The summed E-state index contributed by atoms with van der Waals surface area (Å²) in [6, 6.07) is 12.5. The normalized spacial score (nSPS) is 16.8. The van der Waals surface area contributed by atoms with Crippen molar-refractivity contribution in [3.63, 3.8) is 0 Å². The molecule has 1 saturated heterocycles. The largest absolute Gasteiger partial charge is 0.398 e. The minimum atomic E-state index is -3.97. The van der Waals surface area contributed by atoms with Gasteiger partial charge in [-0.2, -0.15) is 17.9 Å². The first kappa shape index (κ1) is 27.9. The number of amides is 2. The lowest BCUT2D eigenvalue weighted by Crippen LogP contribution is -2.55. The molecule has 0 unspecified atom stereocenters. The Morgan fingerprint density at radius 3 is 2.56 bits per heavy atom. The Balaban J connectivity index is 1.66. The van der Waals surface area contributed by atoms with Crippen LogP contribution < -0.4 is 20.5 Å². The van der Waals surface area contributed by atoms with Gasteiger partial charge in [-0.25, -0.2) is 0 Å². The van der Waals surface area contributed by atoms with E-state index in [1.165, 1.54) is 4.90 Å². The molecule has 36 heavy (non-hydrogen) atoms. The van der Waals surface area contributed by atoms with E-state index in [2.05, 4.69) is 14.8 Å². The van der Waals surface area contributed by atoms with Gasteiger partial charge in [-0.3, -0.25) is 9.59 Å². The lowest BCUT2D eigenvalue weighted by atomic mass is 10.0. The van der Waals surface area contributed by atoms with Crippen molar-refractivity contribution >= 4 is 39.3 Å². The molecule has 0 saturated carbocycles. The molecule has 5 N–H and O–H groups in total. The van der Waals surface area contributed by atoms with Crippen LogP contribution >= 0.6 is 11.6 Å². The number of benzene rings is 2. The summed E-state index contributed by atoms with van der Waals surface area (Å²) in [5.74, 6) is -0.668. The zero-order valence-corrected chi connectivity index (χ0v) is 22.1. The maximum atomic E-state index is 13.5. The summed E-state index contributed by atoms with van der Waals surface area (Å²) in [7, 11) is -3.97. The van der Waals surface area contributed by atoms with Crippen LogP contribution in [0.25, 0.3) is 0 Å². The third-order valence-corrected chi connectivity index (χ3v) is 7.36. The maximum Gasteiger partial charge on any atom is 0.277 e. The Bertz CT molecular complexity index is 1160. The third-order valence-electron chi connectivity index (χ3n) is 6.01. The monoisotopic (exact) mass is 535 g/mol. The number of carbonyl (C=O) groups excluding carboxylic acids is 2. The molecular formula is C25H34ClN5O4S. The zero-order valence-electron chi connectivity index (χ0n) is 20.5. The molecule has 196 valence electrons. The molecule has 2 aromatic rings. The maximum absolute atomic E-state index is 13.5. The first-order valence-electron chi connectivity index (χ1n) is 12.0. The van der Waals surface area contributed by atoms with Crippen molar-refractivity contribution < 1.29 is 18.0 Å². The van der Waals surface area contributed by atoms with Crippen molar-refractivity contribution in [3.05, 3.63) is 64.7 Å². The summed E-state index contributed by atoms with van der Waals surface area (Å²) < 4.78 is 30.5. The smallest absolute Gasteiger partial charge is 0.277 e. The molecule has 3 rings (SSSR count). The van der Waals surface area contributed by atoms with Gasteiger partial charge >= 0.3 is 0 Å². The Hall–Kier alpha value is -2.66. The Morgan fingerprint density at radius 2 is 1.86 bits per heavy atom. The van der Waals surface area contributed by atoms with Gasteiger partial charge in [0, 0.05) is 30.3 Å². The van der Waals surface area contributed by atoms with Gasteiger partial charge in [-0.05, 0) is 54.5 Å². The van der Waals surface area contributed by atoms with Crippen LogP contribution in [-0.4, -0.2) is 43.8 Å². The number of hydrogen-bond acceptors (Lipinski definition) is 5. The van der Waals surface area contributed by atoms with Gasteiger partial charge in [0.15, 0.2) is 0 Å². The zero-order chi connectivity index (χ0) is 26.3. The number of rotatable bonds is 11. The summed E-state index contributed by atoms with van der Waals surface area (Å²) in [4.78, 5) is 27.9. The summed E-state index contributed by atoms with van der Waals surface area (Å²) >= 11 is 6.03. The SMILES string of the molecule is CC(C)C[C@H](NS(=O)(=O)NCc1ccccc1)C(=O)N1CCC[C@H]1C(=O)NCc1cc(Cl)ccc1N. The van der Waals surface area contributed by atoms with E-state index in [0.717, 1.165) is 5.56 Å². The number of likely N-dealkylation sites (tertiary alicyclic amines) is 1. The molecule has 2 atom stereocenters. The standard InChI is InChI=1S/C25H34ClN5O4S/c1-17(2)13-22(30-36(34,35)29-15-18-7-4-3-5-8-18)25(33)31-12-6-9-23(31)24(32)28-16-19-14-20(26)10-11-21(19)27/h3-5,7-8,10-11,14,17,22-23,29-30H,6,9,12-13,15-16,27H2,1-2H3,(H,28,32)/t22-,23-/m0/s1. The van der Waals surface area contributed by atoms with Crippen molar-refractivity contribution in [2.75, 3.05) is 12.3 Å². The van der Waals surface area contributed by atoms with E-state index >= 15 is 0 Å². The Kier molecular flexibility index (Phi) is 9.72. The summed E-state index contributed by atoms with van der Waals surface area (Å²) in [5, 5.41) is 3.35. The average Bonchev–Trinajstić information content (AvgIpc) is 3.32. The number of nitrogens with one attached hydrogen (secondary N) is 3. The molecule has 0 radical (unpaired) electrons. The lowest BCUT2D eigenvalue weighted by molar-refractivity contribution is -0.140. The van der Waals surface area contributed by atoms with Crippen molar-refractivity contribution in [1.29, 1.82) is 0 Å². The van der Waals surface area contributed by atoms with E-state index in [0.29, 0.717) is 42.1 Å². The highest BCUT2D eigenvalue weighted by atomic mass is 35.5. The van der Waals surface area contributed by atoms with Crippen LogP contribution in [0.15, 0.2) is 48.5 Å². The molecule has 0 aromatic heterocycles. The van der Waals surface area contributed by atoms with Gasteiger partial charge < -0.3 is 16.0 Å². The molecule has 2 amide bonds. The van der Waals surface area contributed by atoms with E-state index in [1.807, 2.05) is 44.2 Å². The topological polar surface area (TPSA) is 134 Å². The number of anilines is 1. The van der Waals surface area contributed by atoms with Crippen LogP contribution in [0.3, 0.4) is 0 Å². The molecule has 1 heterocycles. The van der Waals surface area contributed by atoms with Gasteiger partial charge in [0.05, 0.1) is 0 Å². The average molecular weight is 536 g/mol. The lowest BCUT2D eigenvalue weighted by Gasteiger charge is -2.29. The first-order chi connectivity index (χ1) is 17.1. The minimum absolute atomic E-state index is 0.0523. The fourth-order valence-electron chi connectivity index (χ4n) is 4.20. The van der Waals surface area contributed by atoms with Gasteiger partial charge in [0.25, 0.3) is 10.2 Å². The number of nitrogen functional groups attached to an aromatic ring is 1. The van der Waals surface area contributed by atoms with E-state index in [4.69, 9.17) is 17.3 Å². The molecule has 1 aliphatic heterocycles. The second kappa shape index (κ2) is 12.5. The summed E-state index contributed by atoms with van der Waals surface area (Å²) in [6.45, 7) is 4.48. The Morgan fingerprint density at radius 1 is 1.14 bits per heavy atom. The summed E-state index contributed by atoms with van der Waals surface area (Å²) in [6.07, 6.45) is 1.45. The van der Waals surface area contributed by atoms with Gasteiger partial charge in [-0.1, -0.05) is 55.8 Å². The van der Waals surface area contributed by atoms with Crippen LogP contribution in [0.5, 0.6) is 0 Å². The molecule has 1 aliphatic rings. The van der Waals surface area contributed by atoms with E-state index in [-0.39, 0.29) is 24.9 Å². The van der Waals surface area contributed by atoms with Crippen molar-refractivity contribution in [2.45, 2.75) is 58.3 Å². The van der Waals surface area contributed by atoms with E-state index in [1.54, 1.807) is 18.2 Å². The molecule has 11 heteroatoms. The summed E-state index contributed by atoms with van der Waals surface area (Å²) in [5.41, 5.74) is 7.95. The molecule has 2 aromatic carbocycles. The molecule has 9 nitrogen and oxygen atoms in total. The predicted molar refractivity (Wildman–Crippen MR) is 141 cm³/mol. The molecule has 0 bridgehead atoms. The molecular weight excluding hydrogens is 502 g/mol. The molecule has 1 fully saturated rings. The number of hydrogen-bond donors (Lipinski definition) is 4. The first-order valence-corrected chi connectivity index (χ1v) is 13.8. The predicted octanol–water partition coefficient (Wildman–Crippen LogP) is 2.57. The van der Waals surface area contributed by atoms with Crippen LogP contribution in [0.4, 0.5) is 5.69 Å². The van der Waals surface area contributed by atoms with Gasteiger partial charge in [-0.15, -0.1) is 0 Å². The van der Waals surface area contributed by atoms with Gasteiger partial charge in [0.1, 0.15) is 12.1 Å². The Labute approximate surface area is 217 Å².